The lowest BCUT2D eigenvalue weighted by Crippen LogP contribution is -2.26. The fourth-order valence-electron chi connectivity index (χ4n) is 3.08. The Balaban J connectivity index is 1.88. The summed E-state index contributed by atoms with van der Waals surface area (Å²) in [4.78, 5) is 2.30. The molecule has 4 heteroatoms. The quantitative estimate of drug-likeness (QED) is 0.853. The predicted molar refractivity (Wildman–Crippen MR) is 91.5 cm³/mol. The number of para-hydroxylation sites is 1. The SMILES string of the molecule is CC(Nc1cccc2c1N(C)CCC2)c1ccc(F)c(Cl)c1. The highest BCUT2D eigenvalue weighted by Crippen LogP contribution is 2.35. The molecule has 2 aromatic carbocycles. The fourth-order valence-corrected chi connectivity index (χ4v) is 3.27. The number of hydrogen-bond acceptors (Lipinski definition) is 2. The zero-order valence-corrected chi connectivity index (χ0v) is 13.6. The Kier molecular flexibility index (Phi) is 4.25. The van der Waals surface area contributed by atoms with Crippen LogP contribution in [0.25, 0.3) is 0 Å². The Hall–Kier alpha value is -1.74. The molecule has 116 valence electrons. The van der Waals surface area contributed by atoms with E-state index in [9.17, 15) is 4.39 Å². The fraction of sp³-hybridized carbons (Fsp3) is 0.333. The first-order chi connectivity index (χ1) is 10.6. The Morgan fingerprint density at radius 2 is 2.09 bits per heavy atom. The number of benzene rings is 2. The average molecular weight is 319 g/mol. The second-order valence-corrected chi connectivity index (χ2v) is 6.29. The van der Waals surface area contributed by atoms with E-state index in [4.69, 9.17) is 11.6 Å². The van der Waals surface area contributed by atoms with E-state index in [-0.39, 0.29) is 16.9 Å². The van der Waals surface area contributed by atoms with Crippen LogP contribution in [-0.2, 0) is 6.42 Å². The molecule has 22 heavy (non-hydrogen) atoms. The van der Waals surface area contributed by atoms with Crippen molar-refractivity contribution >= 4 is 23.0 Å². The van der Waals surface area contributed by atoms with Crippen LogP contribution in [0.4, 0.5) is 15.8 Å². The van der Waals surface area contributed by atoms with Crippen LogP contribution in [-0.4, -0.2) is 13.6 Å². The highest BCUT2D eigenvalue weighted by Gasteiger charge is 2.18. The summed E-state index contributed by atoms with van der Waals surface area (Å²) >= 11 is 5.89. The number of halogens is 2. The maximum Gasteiger partial charge on any atom is 0.141 e. The van der Waals surface area contributed by atoms with Crippen molar-refractivity contribution in [1.29, 1.82) is 0 Å². The number of nitrogens with zero attached hydrogens (tertiary/aromatic N) is 1. The van der Waals surface area contributed by atoms with Crippen molar-refractivity contribution in [1.82, 2.24) is 0 Å². The summed E-state index contributed by atoms with van der Waals surface area (Å²) < 4.78 is 13.3. The van der Waals surface area contributed by atoms with Crippen molar-refractivity contribution in [2.24, 2.45) is 0 Å². The minimum atomic E-state index is -0.380. The Morgan fingerprint density at radius 1 is 1.27 bits per heavy atom. The number of rotatable bonds is 3. The van der Waals surface area contributed by atoms with Crippen LogP contribution < -0.4 is 10.2 Å². The molecule has 1 aliphatic rings. The Bertz CT molecular complexity index is 687. The maximum atomic E-state index is 13.3. The zero-order valence-electron chi connectivity index (χ0n) is 12.9. The first-order valence-corrected chi connectivity index (χ1v) is 7.98. The third kappa shape index (κ3) is 2.91. The van der Waals surface area contributed by atoms with Crippen LogP contribution in [0.15, 0.2) is 36.4 Å². The molecule has 0 radical (unpaired) electrons. The van der Waals surface area contributed by atoms with E-state index >= 15 is 0 Å². The van der Waals surface area contributed by atoms with Crippen LogP contribution >= 0.6 is 11.6 Å². The monoisotopic (exact) mass is 318 g/mol. The topological polar surface area (TPSA) is 15.3 Å². The highest BCUT2D eigenvalue weighted by atomic mass is 35.5. The number of aryl methyl sites for hydroxylation is 1. The number of hydrogen-bond donors (Lipinski definition) is 1. The van der Waals surface area contributed by atoms with Gasteiger partial charge in [-0.05, 0) is 49.1 Å². The van der Waals surface area contributed by atoms with Crippen LogP contribution in [0.1, 0.15) is 30.5 Å². The maximum absolute atomic E-state index is 13.3. The van der Waals surface area contributed by atoms with E-state index in [0.717, 1.165) is 24.2 Å². The van der Waals surface area contributed by atoms with Gasteiger partial charge in [-0.25, -0.2) is 4.39 Å². The van der Waals surface area contributed by atoms with Gasteiger partial charge in [0.2, 0.25) is 0 Å². The van der Waals surface area contributed by atoms with Crippen molar-refractivity contribution in [2.45, 2.75) is 25.8 Å². The summed E-state index contributed by atoms with van der Waals surface area (Å²) in [6.45, 7) is 3.13. The van der Waals surface area contributed by atoms with E-state index in [0.29, 0.717) is 0 Å². The Morgan fingerprint density at radius 3 is 2.86 bits per heavy atom. The lowest BCUT2D eigenvalue weighted by Gasteiger charge is -2.31. The summed E-state index contributed by atoms with van der Waals surface area (Å²) in [5.41, 5.74) is 4.74. The first-order valence-electron chi connectivity index (χ1n) is 7.61. The summed E-state index contributed by atoms with van der Waals surface area (Å²) in [5.74, 6) is -0.380. The third-order valence-electron chi connectivity index (χ3n) is 4.26. The number of anilines is 2. The van der Waals surface area contributed by atoms with Gasteiger partial charge in [0, 0.05) is 19.6 Å². The van der Waals surface area contributed by atoms with Gasteiger partial charge in [0.1, 0.15) is 5.82 Å². The summed E-state index contributed by atoms with van der Waals surface area (Å²) in [6.07, 6.45) is 2.31. The van der Waals surface area contributed by atoms with E-state index < -0.39 is 0 Å². The van der Waals surface area contributed by atoms with Crippen LogP contribution in [0.3, 0.4) is 0 Å². The smallest absolute Gasteiger partial charge is 0.141 e. The number of fused-ring (bicyclic) bond motifs is 1. The van der Waals surface area contributed by atoms with Gasteiger partial charge in [0.15, 0.2) is 0 Å². The summed E-state index contributed by atoms with van der Waals surface area (Å²) in [7, 11) is 2.13. The van der Waals surface area contributed by atoms with Crippen LogP contribution in [0.5, 0.6) is 0 Å². The molecule has 0 fully saturated rings. The molecule has 3 rings (SSSR count). The average Bonchev–Trinajstić information content (AvgIpc) is 2.50. The minimum Gasteiger partial charge on any atom is -0.377 e. The van der Waals surface area contributed by atoms with Gasteiger partial charge in [-0.2, -0.15) is 0 Å². The van der Waals surface area contributed by atoms with Gasteiger partial charge < -0.3 is 10.2 Å². The van der Waals surface area contributed by atoms with Crippen LogP contribution in [0.2, 0.25) is 5.02 Å². The standard InChI is InChI=1S/C18H20ClFN2/c1-12(14-8-9-16(20)15(19)11-14)21-17-7-3-5-13-6-4-10-22(2)18(13)17/h3,5,7-9,11-12,21H,4,6,10H2,1-2H3. The molecule has 0 saturated heterocycles. The normalized spacial score (nSPS) is 15.4. The molecule has 1 unspecified atom stereocenters. The minimum absolute atomic E-state index is 0.0555. The van der Waals surface area contributed by atoms with E-state index in [1.54, 1.807) is 12.1 Å². The van der Waals surface area contributed by atoms with Gasteiger partial charge in [-0.1, -0.05) is 29.8 Å². The van der Waals surface area contributed by atoms with Crippen molar-refractivity contribution in [3.8, 4) is 0 Å². The molecule has 2 aromatic rings. The molecule has 0 aliphatic carbocycles. The number of nitrogens with one attached hydrogen (secondary N) is 1. The molecule has 1 N–H and O–H groups in total. The molecular formula is C18H20ClFN2. The molecule has 1 atom stereocenters. The largest absolute Gasteiger partial charge is 0.377 e. The second-order valence-electron chi connectivity index (χ2n) is 5.88. The molecule has 0 spiro atoms. The molecule has 0 saturated carbocycles. The van der Waals surface area contributed by atoms with E-state index in [1.807, 2.05) is 0 Å². The van der Waals surface area contributed by atoms with Gasteiger partial charge in [-0.3, -0.25) is 0 Å². The lowest BCUT2D eigenvalue weighted by molar-refractivity contribution is 0.627. The van der Waals surface area contributed by atoms with E-state index in [2.05, 4.69) is 42.4 Å². The lowest BCUT2D eigenvalue weighted by atomic mass is 10.00. The van der Waals surface area contributed by atoms with Crippen molar-refractivity contribution in [3.05, 3.63) is 58.4 Å². The van der Waals surface area contributed by atoms with Crippen LogP contribution in [0, 0.1) is 5.82 Å². The first kappa shape index (κ1) is 15.2. The third-order valence-corrected chi connectivity index (χ3v) is 4.55. The molecular weight excluding hydrogens is 299 g/mol. The van der Waals surface area contributed by atoms with Gasteiger partial charge in [-0.15, -0.1) is 0 Å². The molecule has 0 aromatic heterocycles. The predicted octanol–water partition coefficient (Wildman–Crippen LogP) is 5.03. The molecule has 0 bridgehead atoms. The zero-order chi connectivity index (χ0) is 15.7. The summed E-state index contributed by atoms with van der Waals surface area (Å²) in [6, 6.07) is 11.3. The highest BCUT2D eigenvalue weighted by molar-refractivity contribution is 6.30. The van der Waals surface area contributed by atoms with Gasteiger partial charge in [0.25, 0.3) is 0 Å². The second kappa shape index (κ2) is 6.17. The summed E-state index contributed by atoms with van der Waals surface area (Å²) in [5, 5.41) is 3.71. The molecule has 1 aliphatic heterocycles. The van der Waals surface area contributed by atoms with Gasteiger partial charge in [0.05, 0.1) is 16.4 Å². The molecule has 1 heterocycles. The van der Waals surface area contributed by atoms with Crippen molar-refractivity contribution < 1.29 is 4.39 Å². The van der Waals surface area contributed by atoms with Gasteiger partial charge >= 0.3 is 0 Å². The molecule has 0 amide bonds. The van der Waals surface area contributed by atoms with E-state index in [1.165, 1.54) is 23.7 Å². The van der Waals surface area contributed by atoms with Crippen molar-refractivity contribution in [3.63, 3.8) is 0 Å². The van der Waals surface area contributed by atoms with Crippen molar-refractivity contribution in [2.75, 3.05) is 23.8 Å². The Labute approximate surface area is 135 Å². The molecule has 2 nitrogen and oxygen atoms in total.